The number of benzene rings is 1. The number of rotatable bonds is 4. The molecular weight excluding hydrogens is 270 g/mol. The van der Waals surface area contributed by atoms with Gasteiger partial charge in [0.2, 0.25) is 0 Å². The fourth-order valence-electron chi connectivity index (χ4n) is 3.10. The predicted molar refractivity (Wildman–Crippen MR) is 83.9 cm³/mol. The molecule has 1 aliphatic rings. The largest absolute Gasteiger partial charge is 0.329 e. The maximum absolute atomic E-state index is 6.26. The third-order valence-electron chi connectivity index (χ3n) is 4.15. The van der Waals surface area contributed by atoms with Crippen molar-refractivity contribution in [2.75, 3.05) is 6.54 Å². The standard InChI is InChI=1S/C16H20ClN3/c17-14-8-7-13(16-12(14)6-3-9-19-16)15(10-18)20-11-4-1-2-5-11/h3,6-9,11,15,20H,1-2,4-5,10,18H2. The first kappa shape index (κ1) is 13.8. The van der Waals surface area contributed by atoms with E-state index >= 15 is 0 Å². The van der Waals surface area contributed by atoms with Gasteiger partial charge >= 0.3 is 0 Å². The quantitative estimate of drug-likeness (QED) is 0.907. The summed E-state index contributed by atoms with van der Waals surface area (Å²) in [7, 11) is 0. The lowest BCUT2D eigenvalue weighted by molar-refractivity contribution is 0.446. The van der Waals surface area contributed by atoms with Crippen LogP contribution in [0.15, 0.2) is 30.5 Å². The Kier molecular flexibility index (Phi) is 4.20. The lowest BCUT2D eigenvalue weighted by Crippen LogP contribution is -2.35. The summed E-state index contributed by atoms with van der Waals surface area (Å²) in [5.74, 6) is 0. The Morgan fingerprint density at radius 1 is 1.30 bits per heavy atom. The Balaban J connectivity index is 1.96. The Hall–Kier alpha value is -1.16. The molecule has 1 aromatic carbocycles. The van der Waals surface area contributed by atoms with E-state index in [4.69, 9.17) is 17.3 Å². The zero-order chi connectivity index (χ0) is 13.9. The van der Waals surface area contributed by atoms with Crippen molar-refractivity contribution in [3.8, 4) is 0 Å². The minimum atomic E-state index is 0.146. The monoisotopic (exact) mass is 289 g/mol. The van der Waals surface area contributed by atoms with Crippen molar-refractivity contribution in [3.63, 3.8) is 0 Å². The summed E-state index contributed by atoms with van der Waals surface area (Å²) in [5, 5.41) is 5.43. The average molecular weight is 290 g/mol. The summed E-state index contributed by atoms with van der Waals surface area (Å²) in [5.41, 5.74) is 8.10. The van der Waals surface area contributed by atoms with Gasteiger partial charge in [-0.1, -0.05) is 30.5 Å². The van der Waals surface area contributed by atoms with Crippen LogP contribution in [0.1, 0.15) is 37.3 Å². The fourth-order valence-corrected chi connectivity index (χ4v) is 3.32. The molecule has 0 amide bonds. The highest BCUT2D eigenvalue weighted by molar-refractivity contribution is 6.35. The highest BCUT2D eigenvalue weighted by Crippen LogP contribution is 2.29. The first-order valence-corrected chi connectivity index (χ1v) is 7.66. The summed E-state index contributed by atoms with van der Waals surface area (Å²) in [6.07, 6.45) is 6.93. The number of nitrogens with two attached hydrogens (primary N) is 1. The van der Waals surface area contributed by atoms with Gasteiger partial charge in [0, 0.05) is 35.2 Å². The van der Waals surface area contributed by atoms with E-state index in [2.05, 4.69) is 16.4 Å². The minimum Gasteiger partial charge on any atom is -0.329 e. The van der Waals surface area contributed by atoms with Gasteiger partial charge in [0.25, 0.3) is 0 Å². The van der Waals surface area contributed by atoms with Gasteiger partial charge in [-0.05, 0) is 36.6 Å². The van der Waals surface area contributed by atoms with Crippen molar-refractivity contribution >= 4 is 22.5 Å². The van der Waals surface area contributed by atoms with Gasteiger partial charge in [-0.25, -0.2) is 0 Å². The summed E-state index contributed by atoms with van der Waals surface area (Å²) in [4.78, 5) is 4.51. The number of pyridine rings is 1. The summed E-state index contributed by atoms with van der Waals surface area (Å²) in [6.45, 7) is 0.573. The first-order valence-electron chi connectivity index (χ1n) is 7.29. The van der Waals surface area contributed by atoms with Crippen molar-refractivity contribution in [2.24, 2.45) is 5.73 Å². The van der Waals surface area contributed by atoms with E-state index in [-0.39, 0.29) is 6.04 Å². The number of hydrogen-bond donors (Lipinski definition) is 2. The number of fused-ring (bicyclic) bond motifs is 1. The molecule has 1 heterocycles. The highest BCUT2D eigenvalue weighted by Gasteiger charge is 2.21. The van der Waals surface area contributed by atoms with Crippen LogP contribution in [0.3, 0.4) is 0 Å². The maximum atomic E-state index is 6.26. The average Bonchev–Trinajstić information content (AvgIpc) is 2.99. The van der Waals surface area contributed by atoms with Crippen LogP contribution in [-0.4, -0.2) is 17.6 Å². The normalized spacial score (nSPS) is 17.7. The van der Waals surface area contributed by atoms with Crippen LogP contribution in [0.25, 0.3) is 10.9 Å². The highest BCUT2D eigenvalue weighted by atomic mass is 35.5. The number of nitrogens with one attached hydrogen (secondary N) is 1. The summed E-state index contributed by atoms with van der Waals surface area (Å²) >= 11 is 6.26. The van der Waals surface area contributed by atoms with E-state index < -0.39 is 0 Å². The van der Waals surface area contributed by atoms with Crippen LogP contribution in [0.5, 0.6) is 0 Å². The van der Waals surface area contributed by atoms with Crippen molar-refractivity contribution in [3.05, 3.63) is 41.0 Å². The zero-order valence-corrected chi connectivity index (χ0v) is 12.2. The van der Waals surface area contributed by atoms with Gasteiger partial charge in [0.05, 0.1) is 5.52 Å². The Bertz CT molecular complexity index is 593. The van der Waals surface area contributed by atoms with Crippen molar-refractivity contribution in [1.29, 1.82) is 0 Å². The van der Waals surface area contributed by atoms with Crippen molar-refractivity contribution in [1.82, 2.24) is 10.3 Å². The molecule has 20 heavy (non-hydrogen) atoms. The number of halogens is 1. The van der Waals surface area contributed by atoms with E-state index in [1.807, 2.05) is 24.4 Å². The first-order chi connectivity index (χ1) is 9.79. The second kappa shape index (κ2) is 6.08. The van der Waals surface area contributed by atoms with E-state index in [1.165, 1.54) is 25.7 Å². The van der Waals surface area contributed by atoms with Gasteiger partial charge in [0.1, 0.15) is 0 Å². The van der Waals surface area contributed by atoms with Crippen LogP contribution in [-0.2, 0) is 0 Å². The lowest BCUT2D eigenvalue weighted by Gasteiger charge is -2.23. The van der Waals surface area contributed by atoms with Crippen LogP contribution in [0.4, 0.5) is 0 Å². The Morgan fingerprint density at radius 3 is 2.85 bits per heavy atom. The predicted octanol–water partition coefficient (Wildman–Crippen LogP) is 3.42. The smallest absolute Gasteiger partial charge is 0.0765 e. The number of nitrogens with zero attached hydrogens (tertiary/aromatic N) is 1. The molecule has 1 atom stereocenters. The molecule has 106 valence electrons. The molecule has 1 aromatic heterocycles. The number of aromatic nitrogens is 1. The Morgan fingerprint density at radius 2 is 2.10 bits per heavy atom. The molecule has 1 unspecified atom stereocenters. The summed E-state index contributed by atoms with van der Waals surface area (Å²) in [6, 6.07) is 8.65. The van der Waals surface area contributed by atoms with E-state index in [0.29, 0.717) is 12.6 Å². The van der Waals surface area contributed by atoms with Gasteiger partial charge in [-0.3, -0.25) is 4.98 Å². The molecule has 1 aliphatic carbocycles. The minimum absolute atomic E-state index is 0.146. The number of hydrogen-bond acceptors (Lipinski definition) is 3. The summed E-state index contributed by atoms with van der Waals surface area (Å²) < 4.78 is 0. The lowest BCUT2D eigenvalue weighted by atomic mass is 10.0. The molecule has 2 aromatic rings. The van der Waals surface area contributed by atoms with E-state index in [0.717, 1.165) is 21.5 Å². The molecular formula is C16H20ClN3. The van der Waals surface area contributed by atoms with E-state index in [1.54, 1.807) is 0 Å². The molecule has 3 N–H and O–H groups in total. The molecule has 0 radical (unpaired) electrons. The molecule has 0 bridgehead atoms. The molecule has 0 aliphatic heterocycles. The molecule has 0 spiro atoms. The SMILES string of the molecule is NCC(NC1CCCC1)c1ccc(Cl)c2cccnc12. The molecule has 0 saturated heterocycles. The molecule has 1 saturated carbocycles. The molecule has 3 rings (SSSR count). The zero-order valence-electron chi connectivity index (χ0n) is 11.5. The van der Waals surface area contributed by atoms with E-state index in [9.17, 15) is 0 Å². The topological polar surface area (TPSA) is 50.9 Å². The van der Waals surface area contributed by atoms with Gasteiger partial charge in [-0.2, -0.15) is 0 Å². The molecule has 3 nitrogen and oxygen atoms in total. The van der Waals surface area contributed by atoms with Crippen LogP contribution in [0, 0.1) is 0 Å². The van der Waals surface area contributed by atoms with Crippen LogP contribution >= 0.6 is 11.6 Å². The Labute approximate surface area is 124 Å². The third-order valence-corrected chi connectivity index (χ3v) is 4.48. The van der Waals surface area contributed by atoms with Crippen molar-refractivity contribution < 1.29 is 0 Å². The van der Waals surface area contributed by atoms with Crippen LogP contribution in [0.2, 0.25) is 5.02 Å². The van der Waals surface area contributed by atoms with Gasteiger partial charge < -0.3 is 11.1 Å². The van der Waals surface area contributed by atoms with Crippen LogP contribution < -0.4 is 11.1 Å². The maximum Gasteiger partial charge on any atom is 0.0765 e. The van der Waals surface area contributed by atoms with Gasteiger partial charge in [0.15, 0.2) is 0 Å². The second-order valence-corrected chi connectivity index (χ2v) is 5.88. The van der Waals surface area contributed by atoms with Gasteiger partial charge in [-0.15, -0.1) is 0 Å². The third kappa shape index (κ3) is 2.66. The molecule has 4 heteroatoms. The second-order valence-electron chi connectivity index (χ2n) is 5.47. The molecule has 1 fully saturated rings. The fraction of sp³-hybridized carbons (Fsp3) is 0.438. The van der Waals surface area contributed by atoms with Crippen molar-refractivity contribution in [2.45, 2.75) is 37.8 Å².